The van der Waals surface area contributed by atoms with Crippen LogP contribution in [0.25, 0.3) is 0 Å². The zero-order valence-electron chi connectivity index (χ0n) is 11.3. The van der Waals surface area contributed by atoms with E-state index in [1.54, 1.807) is 18.2 Å². The molecule has 6 nitrogen and oxygen atoms in total. The minimum atomic E-state index is -3.34. The maximum Gasteiger partial charge on any atom is 0.232 e. The van der Waals surface area contributed by atoms with Crippen LogP contribution in [0.5, 0.6) is 11.5 Å². The first-order chi connectivity index (χ1) is 9.61. The molecule has 3 N–H and O–H groups in total. The molecule has 1 heterocycles. The maximum absolute atomic E-state index is 11.9. The molecule has 0 aromatic heterocycles. The van der Waals surface area contributed by atoms with Crippen molar-refractivity contribution < 1.29 is 17.9 Å². The summed E-state index contributed by atoms with van der Waals surface area (Å²) in [6.45, 7) is 1.68. The van der Waals surface area contributed by atoms with E-state index in [1.807, 2.05) is 0 Å². The van der Waals surface area contributed by atoms with E-state index >= 15 is 0 Å². The normalized spacial score (nSPS) is 14.7. The zero-order chi connectivity index (χ0) is 14.4. The number of benzene rings is 1. The molecule has 0 unspecified atom stereocenters. The van der Waals surface area contributed by atoms with Gasteiger partial charge in [-0.05, 0) is 31.5 Å². The first-order valence-corrected chi connectivity index (χ1v) is 8.36. The second kappa shape index (κ2) is 6.81. The number of hydrogen-bond donors (Lipinski definition) is 2. The quantitative estimate of drug-likeness (QED) is 0.773. The van der Waals surface area contributed by atoms with Crippen molar-refractivity contribution >= 4 is 15.7 Å². The summed E-state index contributed by atoms with van der Waals surface area (Å²) in [5.74, 6) is 1.29. The largest absolute Gasteiger partial charge is 0.490 e. The van der Waals surface area contributed by atoms with Crippen molar-refractivity contribution in [3.63, 3.8) is 0 Å². The predicted octanol–water partition coefficient (Wildman–Crippen LogP) is 1.33. The van der Waals surface area contributed by atoms with Gasteiger partial charge in [-0.15, -0.1) is 0 Å². The highest BCUT2D eigenvalue weighted by Crippen LogP contribution is 2.32. The molecule has 0 fully saturated rings. The van der Waals surface area contributed by atoms with Crippen LogP contribution in [-0.2, 0) is 10.0 Å². The van der Waals surface area contributed by atoms with Crippen LogP contribution in [0, 0.1) is 0 Å². The maximum atomic E-state index is 11.9. The summed E-state index contributed by atoms with van der Waals surface area (Å²) in [6.07, 6.45) is 2.06. The number of sulfonamides is 1. The van der Waals surface area contributed by atoms with Gasteiger partial charge in [0.25, 0.3) is 0 Å². The molecule has 0 amide bonds. The molecular weight excluding hydrogens is 280 g/mol. The third-order valence-corrected chi connectivity index (χ3v) is 4.26. The van der Waals surface area contributed by atoms with Crippen LogP contribution in [0.15, 0.2) is 18.2 Å². The van der Waals surface area contributed by atoms with E-state index < -0.39 is 10.0 Å². The highest BCUT2D eigenvalue weighted by atomic mass is 32.2. The first-order valence-electron chi connectivity index (χ1n) is 6.71. The molecule has 0 aliphatic carbocycles. The SMILES string of the molecule is NCCCCS(=O)(=O)Nc1ccc2c(c1)OCCCO2. The van der Waals surface area contributed by atoms with Crippen molar-refractivity contribution in [1.82, 2.24) is 0 Å². The molecule has 0 atom stereocenters. The second-order valence-corrected chi connectivity index (χ2v) is 6.47. The van der Waals surface area contributed by atoms with Crippen molar-refractivity contribution in [2.75, 3.05) is 30.2 Å². The van der Waals surface area contributed by atoms with E-state index in [9.17, 15) is 8.42 Å². The summed E-state index contributed by atoms with van der Waals surface area (Å²) in [4.78, 5) is 0. The van der Waals surface area contributed by atoms with Gasteiger partial charge in [-0.25, -0.2) is 8.42 Å². The smallest absolute Gasteiger partial charge is 0.232 e. The number of fused-ring (bicyclic) bond motifs is 1. The lowest BCUT2D eigenvalue weighted by Gasteiger charge is -2.11. The number of anilines is 1. The molecule has 0 saturated carbocycles. The van der Waals surface area contributed by atoms with E-state index in [0.717, 1.165) is 6.42 Å². The van der Waals surface area contributed by atoms with Crippen molar-refractivity contribution in [1.29, 1.82) is 0 Å². The first kappa shape index (κ1) is 14.9. The van der Waals surface area contributed by atoms with Gasteiger partial charge in [0.1, 0.15) is 0 Å². The Kier molecular flexibility index (Phi) is 5.08. The Labute approximate surface area is 119 Å². The van der Waals surface area contributed by atoms with Gasteiger partial charge in [0.05, 0.1) is 24.7 Å². The van der Waals surface area contributed by atoms with E-state index in [2.05, 4.69) is 4.72 Å². The van der Waals surface area contributed by atoms with E-state index in [-0.39, 0.29) is 5.75 Å². The standard InChI is InChI=1S/C13H20N2O4S/c14-6-1-2-9-20(16,17)15-11-4-5-12-13(10-11)19-8-3-7-18-12/h4-5,10,15H,1-3,6-9,14H2. The van der Waals surface area contributed by atoms with Gasteiger partial charge in [0.2, 0.25) is 10.0 Å². The second-order valence-electron chi connectivity index (χ2n) is 4.63. The summed E-state index contributed by atoms with van der Waals surface area (Å²) in [6, 6.07) is 5.05. The lowest BCUT2D eigenvalue weighted by Crippen LogP contribution is -2.17. The molecule has 0 spiro atoms. The molecule has 7 heteroatoms. The predicted molar refractivity (Wildman–Crippen MR) is 77.7 cm³/mol. The molecule has 1 aromatic carbocycles. The van der Waals surface area contributed by atoms with Gasteiger partial charge in [0.15, 0.2) is 11.5 Å². The van der Waals surface area contributed by atoms with Gasteiger partial charge in [0, 0.05) is 12.5 Å². The minimum Gasteiger partial charge on any atom is -0.490 e. The molecule has 20 heavy (non-hydrogen) atoms. The summed E-state index contributed by atoms with van der Waals surface area (Å²) in [5.41, 5.74) is 5.84. The minimum absolute atomic E-state index is 0.0681. The molecule has 0 saturated heterocycles. The molecule has 112 valence electrons. The Morgan fingerprint density at radius 1 is 1.15 bits per heavy atom. The Morgan fingerprint density at radius 3 is 2.65 bits per heavy atom. The molecule has 2 rings (SSSR count). The van der Waals surface area contributed by atoms with Crippen LogP contribution < -0.4 is 19.9 Å². The molecular formula is C13H20N2O4S. The molecule has 1 aromatic rings. The summed E-state index contributed by atoms with van der Waals surface area (Å²) in [5, 5.41) is 0. The third-order valence-electron chi connectivity index (χ3n) is 2.89. The molecule has 0 bridgehead atoms. The van der Waals surface area contributed by atoms with Gasteiger partial charge in [-0.3, -0.25) is 4.72 Å². The van der Waals surface area contributed by atoms with Gasteiger partial charge in [-0.1, -0.05) is 0 Å². The third kappa shape index (κ3) is 4.28. The number of unbranched alkanes of at least 4 members (excludes halogenated alkanes) is 1. The average molecular weight is 300 g/mol. The fourth-order valence-electron chi connectivity index (χ4n) is 1.89. The molecule has 0 radical (unpaired) electrons. The van der Waals surface area contributed by atoms with Crippen LogP contribution in [-0.4, -0.2) is 33.9 Å². The van der Waals surface area contributed by atoms with Crippen LogP contribution in [0.3, 0.4) is 0 Å². The lowest BCUT2D eigenvalue weighted by molar-refractivity contribution is 0.297. The van der Waals surface area contributed by atoms with Crippen molar-refractivity contribution in [2.45, 2.75) is 19.3 Å². The van der Waals surface area contributed by atoms with Gasteiger partial charge in [-0.2, -0.15) is 0 Å². The number of nitrogens with two attached hydrogens (primary N) is 1. The fraction of sp³-hybridized carbons (Fsp3) is 0.538. The van der Waals surface area contributed by atoms with Crippen LogP contribution in [0.1, 0.15) is 19.3 Å². The van der Waals surface area contributed by atoms with Gasteiger partial charge < -0.3 is 15.2 Å². The number of hydrogen-bond acceptors (Lipinski definition) is 5. The number of rotatable bonds is 6. The lowest BCUT2D eigenvalue weighted by atomic mass is 10.3. The topological polar surface area (TPSA) is 90.7 Å². The Hall–Kier alpha value is -1.47. The van der Waals surface area contributed by atoms with Crippen molar-refractivity contribution in [3.8, 4) is 11.5 Å². The van der Waals surface area contributed by atoms with Crippen LogP contribution in [0.4, 0.5) is 5.69 Å². The number of nitrogens with one attached hydrogen (secondary N) is 1. The number of ether oxygens (including phenoxy) is 2. The highest BCUT2D eigenvalue weighted by molar-refractivity contribution is 7.92. The summed E-state index contributed by atoms with van der Waals surface area (Å²) < 4.78 is 37.3. The van der Waals surface area contributed by atoms with E-state index in [1.165, 1.54) is 0 Å². The Morgan fingerprint density at radius 2 is 1.90 bits per heavy atom. The van der Waals surface area contributed by atoms with E-state index in [4.69, 9.17) is 15.2 Å². The molecule has 1 aliphatic rings. The van der Waals surface area contributed by atoms with Crippen LogP contribution >= 0.6 is 0 Å². The van der Waals surface area contributed by atoms with Crippen molar-refractivity contribution in [2.24, 2.45) is 5.73 Å². The summed E-state index contributed by atoms with van der Waals surface area (Å²) >= 11 is 0. The Bertz CT molecular complexity index is 545. The highest BCUT2D eigenvalue weighted by Gasteiger charge is 2.14. The van der Waals surface area contributed by atoms with Crippen molar-refractivity contribution in [3.05, 3.63) is 18.2 Å². The fourth-order valence-corrected chi connectivity index (χ4v) is 3.07. The monoisotopic (exact) mass is 300 g/mol. The van der Waals surface area contributed by atoms with E-state index in [0.29, 0.717) is 49.8 Å². The zero-order valence-corrected chi connectivity index (χ0v) is 12.1. The van der Waals surface area contributed by atoms with Crippen LogP contribution in [0.2, 0.25) is 0 Å². The van der Waals surface area contributed by atoms with Gasteiger partial charge >= 0.3 is 0 Å². The molecule has 1 aliphatic heterocycles. The average Bonchev–Trinajstić information content (AvgIpc) is 2.63. The summed E-state index contributed by atoms with van der Waals surface area (Å²) in [7, 11) is -3.34. The Balaban J connectivity index is 2.04.